The van der Waals surface area contributed by atoms with Crippen LogP contribution < -0.4 is 10.6 Å². The van der Waals surface area contributed by atoms with Gasteiger partial charge in [0.1, 0.15) is 12.3 Å². The number of amides is 2. The first-order valence-corrected chi connectivity index (χ1v) is 6.19. The third kappa shape index (κ3) is 8.94. The molecule has 0 bridgehead atoms. The van der Waals surface area contributed by atoms with E-state index in [2.05, 4.69) is 0 Å². The Morgan fingerprint density at radius 3 is 2.00 bits per heavy atom. The van der Waals surface area contributed by atoms with Gasteiger partial charge in [0.15, 0.2) is 9.84 Å². The van der Waals surface area contributed by atoms with Gasteiger partial charge in [-0.05, 0) is 0 Å². The summed E-state index contributed by atoms with van der Waals surface area (Å²) >= 11 is 0. The number of hydrogen-bond acceptors (Lipinski definition) is 5. The van der Waals surface area contributed by atoms with Crippen molar-refractivity contribution >= 4 is 27.6 Å². The van der Waals surface area contributed by atoms with Crippen molar-refractivity contribution in [1.82, 2.24) is 10.6 Å². The van der Waals surface area contributed by atoms with Crippen LogP contribution in [0.15, 0.2) is 0 Å². The number of sulfone groups is 1. The highest BCUT2D eigenvalue weighted by molar-refractivity contribution is 7.91. The molecule has 0 rings (SSSR count). The van der Waals surface area contributed by atoms with Crippen LogP contribution in [0.4, 0.5) is 0 Å². The molecule has 92 valence electrons. The van der Waals surface area contributed by atoms with Gasteiger partial charge in [-0.15, -0.1) is 0 Å². The van der Waals surface area contributed by atoms with E-state index >= 15 is 0 Å². The summed E-state index contributed by atoms with van der Waals surface area (Å²) in [6, 6.07) is 0. The topological polar surface area (TPSA) is 130 Å². The van der Waals surface area contributed by atoms with Gasteiger partial charge in [0.05, 0.1) is 6.54 Å². The smallest absolute Gasteiger partial charge is 0.322 e. The maximum Gasteiger partial charge on any atom is 0.322 e. The van der Waals surface area contributed by atoms with E-state index in [-0.39, 0.29) is 0 Å². The molecule has 16 heavy (non-hydrogen) atoms. The molecule has 9 heteroatoms. The second-order valence-electron chi connectivity index (χ2n) is 3.02. The van der Waals surface area contributed by atoms with Gasteiger partial charge in [0, 0.05) is 6.26 Å². The molecular weight excluding hydrogens is 240 g/mol. The van der Waals surface area contributed by atoms with Crippen molar-refractivity contribution < 1.29 is 27.9 Å². The predicted octanol–water partition coefficient (Wildman–Crippen LogP) is -2.65. The molecule has 2 amide bonds. The highest BCUT2D eigenvalue weighted by atomic mass is 32.2. The fraction of sp³-hybridized carbons (Fsp3) is 0.571. The SMILES string of the molecule is CS(=O)(=O)CC(=O)NCC(=O)NCC(=O)O. The summed E-state index contributed by atoms with van der Waals surface area (Å²) in [7, 11) is -3.43. The lowest BCUT2D eigenvalue weighted by Gasteiger charge is -2.04. The van der Waals surface area contributed by atoms with Crippen molar-refractivity contribution in [3.63, 3.8) is 0 Å². The van der Waals surface area contributed by atoms with Crippen LogP contribution in [-0.4, -0.2) is 56.4 Å². The van der Waals surface area contributed by atoms with Crippen molar-refractivity contribution in [2.45, 2.75) is 0 Å². The van der Waals surface area contributed by atoms with Crippen molar-refractivity contribution in [2.75, 3.05) is 25.1 Å². The number of aliphatic carboxylic acids is 1. The Balaban J connectivity index is 3.84. The maximum absolute atomic E-state index is 10.9. The van der Waals surface area contributed by atoms with E-state index in [0.717, 1.165) is 6.26 Å². The minimum atomic E-state index is -3.43. The maximum atomic E-state index is 10.9. The van der Waals surface area contributed by atoms with Crippen LogP contribution in [0.1, 0.15) is 0 Å². The molecule has 0 atom stereocenters. The number of nitrogens with one attached hydrogen (secondary N) is 2. The molecule has 0 aliphatic carbocycles. The van der Waals surface area contributed by atoms with E-state index in [4.69, 9.17) is 5.11 Å². The first kappa shape index (κ1) is 14.4. The van der Waals surface area contributed by atoms with Crippen LogP contribution in [0.3, 0.4) is 0 Å². The molecule has 0 saturated heterocycles. The molecule has 0 spiro atoms. The Kier molecular flexibility index (Phi) is 5.43. The third-order valence-corrected chi connectivity index (χ3v) is 2.06. The summed E-state index contributed by atoms with van der Waals surface area (Å²) in [6.45, 7) is -1.01. The fourth-order valence-electron chi connectivity index (χ4n) is 0.705. The van der Waals surface area contributed by atoms with Crippen LogP contribution in [0.25, 0.3) is 0 Å². The number of rotatable bonds is 6. The molecule has 3 N–H and O–H groups in total. The lowest BCUT2D eigenvalue weighted by molar-refractivity contribution is -0.137. The van der Waals surface area contributed by atoms with Crippen molar-refractivity contribution in [3.8, 4) is 0 Å². The third-order valence-electron chi connectivity index (χ3n) is 1.28. The van der Waals surface area contributed by atoms with E-state index in [9.17, 15) is 22.8 Å². The number of carbonyl (C=O) groups is 3. The summed E-state index contributed by atoms with van der Waals surface area (Å²) in [4.78, 5) is 31.8. The lowest BCUT2D eigenvalue weighted by Crippen LogP contribution is -2.40. The van der Waals surface area contributed by atoms with Crippen LogP contribution in [0.5, 0.6) is 0 Å². The zero-order valence-electron chi connectivity index (χ0n) is 8.52. The van der Waals surface area contributed by atoms with Gasteiger partial charge in [-0.25, -0.2) is 8.42 Å². The van der Waals surface area contributed by atoms with Crippen molar-refractivity contribution in [2.24, 2.45) is 0 Å². The summed E-state index contributed by atoms with van der Waals surface area (Å²) in [6.07, 6.45) is 0.886. The van der Waals surface area contributed by atoms with Gasteiger partial charge in [-0.3, -0.25) is 14.4 Å². The van der Waals surface area contributed by atoms with Gasteiger partial charge < -0.3 is 15.7 Å². The van der Waals surface area contributed by atoms with Crippen LogP contribution in [0.2, 0.25) is 0 Å². The zero-order chi connectivity index (χ0) is 12.8. The summed E-state index contributed by atoms with van der Waals surface area (Å²) < 4.78 is 21.3. The first-order valence-electron chi connectivity index (χ1n) is 4.13. The summed E-state index contributed by atoms with van der Waals surface area (Å²) in [5.41, 5.74) is 0. The molecule has 0 radical (unpaired) electrons. The van der Waals surface area contributed by atoms with E-state index < -0.39 is 46.5 Å². The number of hydrogen-bond donors (Lipinski definition) is 3. The second kappa shape index (κ2) is 6.05. The molecule has 0 aromatic carbocycles. The minimum absolute atomic E-state index is 0.457. The van der Waals surface area contributed by atoms with E-state index in [1.165, 1.54) is 0 Å². The van der Waals surface area contributed by atoms with Crippen LogP contribution >= 0.6 is 0 Å². The van der Waals surface area contributed by atoms with Gasteiger partial charge >= 0.3 is 5.97 Å². The van der Waals surface area contributed by atoms with Gasteiger partial charge in [0.25, 0.3) is 0 Å². The van der Waals surface area contributed by atoms with Crippen LogP contribution in [0, 0.1) is 0 Å². The van der Waals surface area contributed by atoms with E-state index in [1.807, 2.05) is 10.6 Å². The normalized spacial score (nSPS) is 10.6. The molecule has 0 aromatic heterocycles. The van der Waals surface area contributed by atoms with E-state index in [1.54, 1.807) is 0 Å². The monoisotopic (exact) mass is 252 g/mol. The van der Waals surface area contributed by atoms with Gasteiger partial charge in [0.2, 0.25) is 11.8 Å². The first-order chi connectivity index (χ1) is 7.20. The molecule has 0 fully saturated rings. The predicted molar refractivity (Wildman–Crippen MR) is 53.4 cm³/mol. The average Bonchev–Trinajstić information content (AvgIpc) is 2.08. The fourth-order valence-corrected chi connectivity index (χ4v) is 1.28. The molecule has 0 aromatic rings. The Hall–Kier alpha value is -1.64. The summed E-state index contributed by atoms with van der Waals surface area (Å²) in [5.74, 6) is -3.44. The zero-order valence-corrected chi connectivity index (χ0v) is 9.33. The molecule has 0 heterocycles. The van der Waals surface area contributed by atoms with E-state index in [0.29, 0.717) is 0 Å². The molecular formula is C7H12N2O6S. The van der Waals surface area contributed by atoms with Gasteiger partial charge in [-0.2, -0.15) is 0 Å². The number of carboxylic acid groups (broad SMARTS) is 1. The summed E-state index contributed by atoms with van der Waals surface area (Å²) in [5, 5.41) is 12.2. The Morgan fingerprint density at radius 1 is 1.06 bits per heavy atom. The molecule has 0 aliphatic rings. The molecule has 0 saturated carbocycles. The second-order valence-corrected chi connectivity index (χ2v) is 5.16. The highest BCUT2D eigenvalue weighted by Gasteiger charge is 2.11. The largest absolute Gasteiger partial charge is 0.480 e. The van der Waals surface area contributed by atoms with Crippen molar-refractivity contribution in [3.05, 3.63) is 0 Å². The Bertz CT molecular complexity index is 388. The lowest BCUT2D eigenvalue weighted by atomic mass is 10.5. The minimum Gasteiger partial charge on any atom is -0.480 e. The van der Waals surface area contributed by atoms with Crippen LogP contribution in [-0.2, 0) is 24.2 Å². The van der Waals surface area contributed by atoms with Gasteiger partial charge in [-0.1, -0.05) is 0 Å². The molecule has 8 nitrogen and oxygen atoms in total. The molecule has 0 aliphatic heterocycles. The standard InChI is InChI=1S/C7H12N2O6S/c1-16(14,15)4-6(11)8-2-5(10)9-3-7(12)13/h2-4H2,1H3,(H,8,11)(H,9,10)(H,12,13). The number of carbonyl (C=O) groups excluding carboxylic acids is 2. The highest BCUT2D eigenvalue weighted by Crippen LogP contribution is 1.81. The number of carboxylic acids is 1. The Morgan fingerprint density at radius 2 is 1.56 bits per heavy atom. The Labute approximate surface area is 91.9 Å². The average molecular weight is 252 g/mol. The molecule has 0 unspecified atom stereocenters. The quantitative estimate of drug-likeness (QED) is 0.473. The van der Waals surface area contributed by atoms with Crippen molar-refractivity contribution in [1.29, 1.82) is 0 Å².